The first kappa shape index (κ1) is 15.9. The van der Waals surface area contributed by atoms with Crippen LogP contribution >= 0.6 is 0 Å². The van der Waals surface area contributed by atoms with Crippen molar-refractivity contribution in [3.63, 3.8) is 0 Å². The van der Waals surface area contributed by atoms with Crippen molar-refractivity contribution in [1.29, 1.82) is 0 Å². The maximum Gasteiger partial charge on any atom is 0.126 e. The van der Waals surface area contributed by atoms with Crippen LogP contribution in [-0.2, 0) is 7.05 Å². The largest absolute Gasteiger partial charge is 0.388 e. The van der Waals surface area contributed by atoms with Crippen molar-refractivity contribution in [3.05, 3.63) is 30.1 Å². The Morgan fingerprint density at radius 3 is 2.67 bits per heavy atom. The van der Waals surface area contributed by atoms with E-state index in [0.717, 1.165) is 16.9 Å². The van der Waals surface area contributed by atoms with Gasteiger partial charge in [0, 0.05) is 20.1 Å². The van der Waals surface area contributed by atoms with E-state index in [-0.39, 0.29) is 6.04 Å². The molecule has 5 heteroatoms. The van der Waals surface area contributed by atoms with Gasteiger partial charge in [0.25, 0.3) is 0 Å². The smallest absolute Gasteiger partial charge is 0.126 e. The molecule has 0 amide bonds. The fourth-order valence-corrected chi connectivity index (χ4v) is 2.75. The zero-order chi connectivity index (χ0) is 15.6. The van der Waals surface area contributed by atoms with Gasteiger partial charge in [-0.15, -0.1) is 0 Å². The van der Waals surface area contributed by atoms with Crippen LogP contribution in [0.4, 0.5) is 0 Å². The van der Waals surface area contributed by atoms with Crippen LogP contribution in [0.25, 0.3) is 11.0 Å². The van der Waals surface area contributed by atoms with Gasteiger partial charge >= 0.3 is 0 Å². The molecule has 1 aromatic heterocycles. The fraction of sp³-hybridized carbons (Fsp3) is 0.562. The number of rotatable bonds is 6. The average molecular weight is 290 g/mol. The van der Waals surface area contributed by atoms with E-state index in [1.807, 2.05) is 51.2 Å². The third-order valence-electron chi connectivity index (χ3n) is 3.65. The number of hydrogen-bond acceptors (Lipinski definition) is 4. The summed E-state index contributed by atoms with van der Waals surface area (Å²) < 4.78 is 2.10. The summed E-state index contributed by atoms with van der Waals surface area (Å²) in [6.07, 6.45) is 0. The Kier molecular flexibility index (Phi) is 4.66. The highest BCUT2D eigenvalue weighted by molar-refractivity contribution is 5.75. The normalized spacial score (nSPS) is 16.3. The minimum Gasteiger partial charge on any atom is -0.388 e. The summed E-state index contributed by atoms with van der Waals surface area (Å²) in [7, 11) is 5.95. The number of hydrogen-bond donors (Lipinski definition) is 2. The van der Waals surface area contributed by atoms with Crippen molar-refractivity contribution in [2.75, 3.05) is 27.2 Å². The van der Waals surface area contributed by atoms with Crippen LogP contribution in [0.5, 0.6) is 0 Å². The molecule has 0 spiro atoms. The maximum absolute atomic E-state index is 10.4. The van der Waals surface area contributed by atoms with Gasteiger partial charge in [0.1, 0.15) is 5.82 Å². The Morgan fingerprint density at radius 1 is 1.38 bits per heavy atom. The summed E-state index contributed by atoms with van der Waals surface area (Å²) in [5.74, 6) is 0.983. The highest BCUT2D eigenvalue weighted by atomic mass is 16.3. The quantitative estimate of drug-likeness (QED) is 0.847. The van der Waals surface area contributed by atoms with E-state index in [2.05, 4.69) is 27.9 Å². The van der Waals surface area contributed by atoms with Gasteiger partial charge in [-0.2, -0.15) is 0 Å². The SMILES string of the molecule is CC(NCC(C)(O)CN(C)C)c1nc2ccccc2n1C. The van der Waals surface area contributed by atoms with Crippen LogP contribution < -0.4 is 5.32 Å². The van der Waals surface area contributed by atoms with Gasteiger partial charge in [-0.3, -0.25) is 0 Å². The lowest BCUT2D eigenvalue weighted by molar-refractivity contribution is 0.0315. The molecule has 0 saturated heterocycles. The molecule has 2 atom stereocenters. The number of fused-ring (bicyclic) bond motifs is 1. The number of para-hydroxylation sites is 2. The van der Waals surface area contributed by atoms with E-state index in [0.29, 0.717) is 13.1 Å². The van der Waals surface area contributed by atoms with Crippen LogP contribution in [0.3, 0.4) is 0 Å². The Labute approximate surface area is 126 Å². The number of aromatic nitrogens is 2. The molecule has 116 valence electrons. The molecule has 2 rings (SSSR count). The van der Waals surface area contributed by atoms with E-state index in [1.54, 1.807) is 0 Å². The predicted octanol–water partition coefficient (Wildman–Crippen LogP) is 1.54. The summed E-state index contributed by atoms with van der Waals surface area (Å²) in [4.78, 5) is 6.67. The molecule has 0 aliphatic rings. The van der Waals surface area contributed by atoms with Crippen LogP contribution in [0.15, 0.2) is 24.3 Å². The van der Waals surface area contributed by atoms with Crippen molar-refractivity contribution in [3.8, 4) is 0 Å². The zero-order valence-corrected chi connectivity index (χ0v) is 13.6. The molecular formula is C16H26N4O. The zero-order valence-electron chi connectivity index (χ0n) is 13.6. The summed E-state index contributed by atoms with van der Waals surface area (Å²) in [5, 5.41) is 13.7. The molecule has 1 heterocycles. The number of nitrogens with zero attached hydrogens (tertiary/aromatic N) is 3. The summed E-state index contributed by atoms with van der Waals surface area (Å²) in [6.45, 7) is 5.07. The van der Waals surface area contributed by atoms with Crippen LogP contribution in [0.2, 0.25) is 0 Å². The van der Waals surface area contributed by atoms with E-state index >= 15 is 0 Å². The minimum atomic E-state index is -0.762. The maximum atomic E-state index is 10.4. The lowest BCUT2D eigenvalue weighted by Gasteiger charge is -2.28. The molecule has 21 heavy (non-hydrogen) atoms. The van der Waals surface area contributed by atoms with Gasteiger partial charge in [0.05, 0.1) is 22.7 Å². The Bertz CT molecular complexity index is 603. The molecule has 2 N–H and O–H groups in total. The first-order valence-corrected chi connectivity index (χ1v) is 7.32. The minimum absolute atomic E-state index is 0.0797. The van der Waals surface area contributed by atoms with Gasteiger partial charge < -0.3 is 19.9 Å². The van der Waals surface area contributed by atoms with Gasteiger partial charge in [-0.05, 0) is 40.1 Å². The second-order valence-corrected chi connectivity index (χ2v) is 6.36. The van der Waals surface area contributed by atoms with Gasteiger partial charge in [-0.25, -0.2) is 4.98 Å². The second kappa shape index (κ2) is 6.13. The topological polar surface area (TPSA) is 53.3 Å². The third kappa shape index (κ3) is 3.81. The number of likely N-dealkylation sites (N-methyl/N-ethyl adjacent to an activating group) is 1. The molecule has 0 aliphatic heterocycles. The first-order chi connectivity index (χ1) is 9.80. The number of nitrogens with one attached hydrogen (secondary N) is 1. The molecule has 2 unspecified atom stereocenters. The molecule has 0 radical (unpaired) electrons. The van der Waals surface area contributed by atoms with Crippen molar-refractivity contribution < 1.29 is 5.11 Å². The Morgan fingerprint density at radius 2 is 2.05 bits per heavy atom. The lowest BCUT2D eigenvalue weighted by atomic mass is 10.1. The standard InChI is InChI=1S/C16H26N4O/c1-12(17-10-16(2,21)11-19(3)4)15-18-13-8-6-7-9-14(13)20(15)5/h6-9,12,17,21H,10-11H2,1-5H3. The van der Waals surface area contributed by atoms with Crippen LogP contribution in [0.1, 0.15) is 25.7 Å². The second-order valence-electron chi connectivity index (χ2n) is 6.36. The van der Waals surface area contributed by atoms with Crippen LogP contribution in [0, 0.1) is 0 Å². The lowest BCUT2D eigenvalue weighted by Crippen LogP contribution is -2.46. The van der Waals surface area contributed by atoms with E-state index in [4.69, 9.17) is 0 Å². The molecule has 0 saturated carbocycles. The van der Waals surface area contributed by atoms with Crippen molar-refractivity contribution >= 4 is 11.0 Å². The Hall–Kier alpha value is -1.43. The molecule has 5 nitrogen and oxygen atoms in total. The molecule has 2 aromatic rings. The highest BCUT2D eigenvalue weighted by Crippen LogP contribution is 2.19. The summed E-state index contributed by atoms with van der Waals surface area (Å²) in [5.41, 5.74) is 1.37. The molecule has 1 aromatic carbocycles. The number of aryl methyl sites for hydroxylation is 1. The predicted molar refractivity (Wildman–Crippen MR) is 86.3 cm³/mol. The van der Waals surface area contributed by atoms with E-state index in [9.17, 15) is 5.11 Å². The molecule has 0 fully saturated rings. The van der Waals surface area contributed by atoms with Gasteiger partial charge in [-0.1, -0.05) is 12.1 Å². The number of benzene rings is 1. The first-order valence-electron chi connectivity index (χ1n) is 7.32. The average Bonchev–Trinajstić information content (AvgIpc) is 2.73. The number of imidazole rings is 1. The van der Waals surface area contributed by atoms with E-state index in [1.165, 1.54) is 0 Å². The molecular weight excluding hydrogens is 264 g/mol. The van der Waals surface area contributed by atoms with Crippen molar-refractivity contribution in [2.45, 2.75) is 25.5 Å². The van der Waals surface area contributed by atoms with Crippen LogP contribution in [-0.4, -0.2) is 52.3 Å². The van der Waals surface area contributed by atoms with Crippen molar-refractivity contribution in [1.82, 2.24) is 19.8 Å². The monoisotopic (exact) mass is 290 g/mol. The fourth-order valence-electron chi connectivity index (χ4n) is 2.75. The summed E-state index contributed by atoms with van der Waals surface area (Å²) in [6, 6.07) is 8.19. The van der Waals surface area contributed by atoms with Crippen molar-refractivity contribution in [2.24, 2.45) is 7.05 Å². The number of aliphatic hydroxyl groups is 1. The van der Waals surface area contributed by atoms with Gasteiger partial charge in [0.2, 0.25) is 0 Å². The van der Waals surface area contributed by atoms with E-state index < -0.39 is 5.60 Å². The third-order valence-corrected chi connectivity index (χ3v) is 3.65. The molecule has 0 bridgehead atoms. The molecule has 0 aliphatic carbocycles. The van der Waals surface area contributed by atoms with Gasteiger partial charge in [0.15, 0.2) is 0 Å². The summed E-state index contributed by atoms with van der Waals surface area (Å²) >= 11 is 0. The highest BCUT2D eigenvalue weighted by Gasteiger charge is 2.23. The Balaban J connectivity index is 2.09.